The van der Waals surface area contributed by atoms with Crippen molar-refractivity contribution in [1.29, 1.82) is 0 Å². The van der Waals surface area contributed by atoms with Crippen LogP contribution in [-0.4, -0.2) is 41.7 Å². The van der Waals surface area contributed by atoms with E-state index >= 15 is 0 Å². The molecule has 2 aromatic rings. The van der Waals surface area contributed by atoms with Crippen molar-refractivity contribution in [3.05, 3.63) is 76.6 Å². The van der Waals surface area contributed by atoms with Crippen LogP contribution in [0.5, 0.6) is 0 Å². The Morgan fingerprint density at radius 1 is 1.18 bits per heavy atom. The van der Waals surface area contributed by atoms with Gasteiger partial charge in [0.2, 0.25) is 5.91 Å². The molecule has 4 aliphatic rings. The molecular formula is C32H36F4N2O2. The summed E-state index contributed by atoms with van der Waals surface area (Å²) in [6.45, 7) is 4.03. The van der Waals surface area contributed by atoms with Crippen LogP contribution in [-0.2, 0) is 22.9 Å². The van der Waals surface area contributed by atoms with E-state index in [0.29, 0.717) is 24.8 Å². The lowest BCUT2D eigenvalue weighted by Gasteiger charge is -2.46. The van der Waals surface area contributed by atoms with Crippen molar-refractivity contribution in [2.24, 2.45) is 23.2 Å². The molecule has 1 aliphatic heterocycles. The topological polar surface area (TPSA) is 52.6 Å². The maximum absolute atomic E-state index is 13.9. The molecular weight excluding hydrogens is 520 g/mol. The zero-order valence-corrected chi connectivity index (χ0v) is 22.7. The molecule has 214 valence electrons. The number of allylic oxidation sites excluding steroid dienone is 1. The Bertz CT molecular complexity index is 1330. The summed E-state index contributed by atoms with van der Waals surface area (Å²) in [6.07, 6.45) is 3.96. The smallest absolute Gasteiger partial charge is 0.396 e. The van der Waals surface area contributed by atoms with Crippen LogP contribution in [0.3, 0.4) is 0 Å². The van der Waals surface area contributed by atoms with Crippen molar-refractivity contribution in [3.63, 3.8) is 0 Å². The van der Waals surface area contributed by atoms with Crippen LogP contribution >= 0.6 is 0 Å². The van der Waals surface area contributed by atoms with E-state index in [1.165, 1.54) is 11.1 Å². The van der Waals surface area contributed by atoms with Gasteiger partial charge in [0.05, 0.1) is 11.0 Å². The van der Waals surface area contributed by atoms with Gasteiger partial charge >= 0.3 is 6.18 Å². The van der Waals surface area contributed by atoms with Crippen LogP contribution in [0, 0.1) is 29.0 Å². The number of amides is 1. The summed E-state index contributed by atoms with van der Waals surface area (Å²) in [7, 11) is 0. The summed E-state index contributed by atoms with van der Waals surface area (Å²) < 4.78 is 53.5. The summed E-state index contributed by atoms with van der Waals surface area (Å²) in [5.41, 5.74) is 1.09. The number of carbonyl (C=O) groups excluding carboxylic acids is 1. The predicted octanol–water partition coefficient (Wildman–Crippen LogP) is 5.93. The fourth-order valence-electron chi connectivity index (χ4n) is 8.03. The molecule has 3 fully saturated rings. The van der Waals surface area contributed by atoms with Crippen LogP contribution in [0.2, 0.25) is 0 Å². The molecule has 40 heavy (non-hydrogen) atoms. The van der Waals surface area contributed by atoms with Crippen molar-refractivity contribution < 1.29 is 27.5 Å². The highest BCUT2D eigenvalue weighted by atomic mass is 19.4. The minimum Gasteiger partial charge on any atom is -0.396 e. The average molecular weight is 557 g/mol. The monoisotopic (exact) mass is 556 g/mol. The lowest BCUT2D eigenvalue weighted by molar-refractivity contribution is -0.137. The van der Waals surface area contributed by atoms with E-state index in [4.69, 9.17) is 0 Å². The fraction of sp³-hybridized carbons (Fsp3) is 0.531. The third-order valence-electron chi connectivity index (χ3n) is 10.3. The molecule has 2 aromatic carbocycles. The molecule has 2 N–H and O–H groups in total. The number of hydrogen-bond acceptors (Lipinski definition) is 3. The molecule has 0 aromatic heterocycles. The molecule has 6 rings (SSSR count). The number of aliphatic hydroxyl groups is 1. The number of aliphatic hydroxyl groups excluding tert-OH is 1. The maximum atomic E-state index is 13.9. The molecule has 2 saturated carbocycles. The van der Waals surface area contributed by atoms with Crippen molar-refractivity contribution in [2.45, 2.75) is 63.2 Å². The van der Waals surface area contributed by atoms with E-state index in [0.717, 1.165) is 44.5 Å². The Hall–Kier alpha value is -2.71. The number of hydrogen-bond donors (Lipinski definition) is 2. The SMILES string of the molecule is C[C@H]1CN(C2CCC(C(=O)NCc3cc(F)cc(C(F)(F)F)c3)(C3CC3CO)C2)CC[C@@]12C=Cc1ccccc12. The highest BCUT2D eigenvalue weighted by Crippen LogP contribution is 2.59. The molecule has 1 spiro atoms. The zero-order chi connectivity index (χ0) is 28.3. The Morgan fingerprint density at radius 3 is 2.70 bits per heavy atom. The van der Waals surface area contributed by atoms with Gasteiger partial charge in [-0.2, -0.15) is 13.2 Å². The van der Waals surface area contributed by atoms with Crippen molar-refractivity contribution in [3.8, 4) is 0 Å². The summed E-state index contributed by atoms with van der Waals surface area (Å²) in [5.74, 6) is -0.637. The number of fused-ring (bicyclic) bond motifs is 2. The molecule has 4 unspecified atom stereocenters. The molecule has 0 radical (unpaired) electrons. The number of carbonyl (C=O) groups is 1. The summed E-state index contributed by atoms with van der Waals surface area (Å²) >= 11 is 0. The second-order valence-electron chi connectivity index (χ2n) is 12.5. The first kappa shape index (κ1) is 27.5. The largest absolute Gasteiger partial charge is 0.416 e. The fourth-order valence-corrected chi connectivity index (χ4v) is 8.03. The van der Waals surface area contributed by atoms with Gasteiger partial charge in [-0.05, 0) is 91.3 Å². The number of nitrogens with one attached hydrogen (secondary N) is 1. The number of halogens is 4. The van der Waals surface area contributed by atoms with E-state index in [2.05, 4.69) is 53.6 Å². The molecule has 1 amide bonds. The summed E-state index contributed by atoms with van der Waals surface area (Å²) in [4.78, 5) is 16.3. The highest BCUT2D eigenvalue weighted by molar-refractivity contribution is 5.84. The van der Waals surface area contributed by atoms with E-state index < -0.39 is 23.0 Å². The number of piperidine rings is 1. The van der Waals surface area contributed by atoms with Crippen LogP contribution in [0.25, 0.3) is 6.08 Å². The van der Waals surface area contributed by atoms with Crippen LogP contribution in [0.1, 0.15) is 61.3 Å². The second kappa shape index (κ2) is 9.98. The Morgan fingerprint density at radius 2 is 1.98 bits per heavy atom. The third-order valence-corrected chi connectivity index (χ3v) is 10.3. The standard InChI is InChI=1S/C32H36F4N2O2/c1-20-18-38(11-10-30(20)8-6-22-4-2-3-5-27(22)30)26-7-9-31(16-26,28-14-23(28)19-39)29(40)37-17-21-12-24(32(34,35)36)15-25(33)13-21/h2-6,8,12-13,15,20,23,26,28,39H,7,9-11,14,16-19H2,1H3,(H,37,40)/t20-,23?,26?,28?,30-,31?/m0/s1. The lowest BCUT2D eigenvalue weighted by atomic mass is 9.67. The van der Waals surface area contributed by atoms with Crippen molar-refractivity contribution in [2.75, 3.05) is 19.7 Å². The van der Waals surface area contributed by atoms with E-state index in [-0.39, 0.29) is 47.9 Å². The molecule has 6 atom stereocenters. The number of alkyl halides is 3. The van der Waals surface area contributed by atoms with Gasteiger partial charge in [0.15, 0.2) is 0 Å². The summed E-state index contributed by atoms with van der Waals surface area (Å²) in [5, 5.41) is 12.7. The molecule has 8 heteroatoms. The number of nitrogens with zero attached hydrogens (tertiary/aromatic N) is 1. The van der Waals surface area contributed by atoms with Gasteiger partial charge in [-0.1, -0.05) is 43.3 Å². The number of benzene rings is 2. The van der Waals surface area contributed by atoms with Gasteiger partial charge in [-0.25, -0.2) is 4.39 Å². The van der Waals surface area contributed by atoms with Crippen molar-refractivity contribution in [1.82, 2.24) is 10.2 Å². The molecule has 1 saturated heterocycles. The third kappa shape index (κ3) is 4.67. The Labute approximate surface area is 232 Å². The Balaban J connectivity index is 1.16. The van der Waals surface area contributed by atoms with Crippen LogP contribution < -0.4 is 5.32 Å². The zero-order valence-electron chi connectivity index (χ0n) is 22.7. The first-order chi connectivity index (χ1) is 19.1. The number of rotatable bonds is 6. The average Bonchev–Trinajstić information content (AvgIpc) is 3.44. The minimum absolute atomic E-state index is 0.0260. The lowest BCUT2D eigenvalue weighted by Crippen LogP contribution is -2.51. The van der Waals surface area contributed by atoms with Crippen LogP contribution in [0.4, 0.5) is 17.6 Å². The maximum Gasteiger partial charge on any atom is 0.416 e. The van der Waals surface area contributed by atoms with Gasteiger partial charge in [-0.15, -0.1) is 0 Å². The predicted molar refractivity (Wildman–Crippen MR) is 145 cm³/mol. The first-order valence-electron chi connectivity index (χ1n) is 14.3. The minimum atomic E-state index is -4.66. The van der Waals surface area contributed by atoms with Gasteiger partial charge in [0.1, 0.15) is 5.82 Å². The summed E-state index contributed by atoms with van der Waals surface area (Å²) in [6, 6.07) is 11.2. The Kier molecular flexibility index (Phi) is 6.85. The molecule has 3 aliphatic carbocycles. The van der Waals surface area contributed by atoms with E-state index in [9.17, 15) is 27.5 Å². The van der Waals surface area contributed by atoms with Crippen molar-refractivity contribution >= 4 is 12.0 Å². The van der Waals surface area contributed by atoms with Gasteiger partial charge in [0, 0.05) is 31.2 Å². The van der Waals surface area contributed by atoms with Crippen LogP contribution in [0.15, 0.2) is 48.5 Å². The van der Waals surface area contributed by atoms with E-state index in [1.54, 1.807) is 0 Å². The van der Waals surface area contributed by atoms with Gasteiger partial charge in [-0.3, -0.25) is 9.69 Å². The van der Waals surface area contributed by atoms with Gasteiger partial charge < -0.3 is 10.4 Å². The van der Waals surface area contributed by atoms with Gasteiger partial charge in [0.25, 0.3) is 0 Å². The molecule has 0 bridgehead atoms. The highest BCUT2D eigenvalue weighted by Gasteiger charge is 2.60. The number of likely N-dealkylation sites (tertiary alicyclic amines) is 1. The molecule has 4 nitrogen and oxygen atoms in total. The molecule has 1 heterocycles. The second-order valence-corrected chi connectivity index (χ2v) is 12.5. The van der Waals surface area contributed by atoms with E-state index in [1.807, 2.05) is 0 Å². The normalized spacial score (nSPS) is 33.4. The first-order valence-corrected chi connectivity index (χ1v) is 14.3. The quantitative estimate of drug-likeness (QED) is 0.434.